The Balaban J connectivity index is 1.86. The third kappa shape index (κ3) is 2.99. The summed E-state index contributed by atoms with van der Waals surface area (Å²) in [6.45, 7) is 6.42. The van der Waals surface area contributed by atoms with E-state index in [9.17, 15) is 9.59 Å². The lowest BCUT2D eigenvalue weighted by molar-refractivity contribution is -0.141. The van der Waals surface area contributed by atoms with Gasteiger partial charge in [0.05, 0.1) is 17.1 Å². The zero-order valence-corrected chi connectivity index (χ0v) is 13.8. The number of benzene rings is 1. The number of rotatable bonds is 2. The topological polar surface area (TPSA) is 58.4 Å². The van der Waals surface area contributed by atoms with Crippen molar-refractivity contribution in [1.29, 1.82) is 0 Å². The largest absolute Gasteiger partial charge is 0.333 e. The monoisotopic (exact) mass is 314 g/mol. The molecule has 0 saturated carbocycles. The van der Waals surface area contributed by atoms with Crippen molar-refractivity contribution in [1.82, 2.24) is 19.6 Å². The summed E-state index contributed by atoms with van der Waals surface area (Å²) >= 11 is 0. The molecule has 0 spiro atoms. The van der Waals surface area contributed by atoms with E-state index in [1.807, 2.05) is 23.1 Å². The average Bonchev–Trinajstić information content (AvgIpc) is 2.49. The van der Waals surface area contributed by atoms with Crippen molar-refractivity contribution in [3.05, 3.63) is 40.8 Å². The summed E-state index contributed by atoms with van der Waals surface area (Å²) in [6.07, 6.45) is 1.64. The minimum absolute atomic E-state index is 0.0171. The van der Waals surface area contributed by atoms with E-state index >= 15 is 0 Å². The van der Waals surface area contributed by atoms with Crippen LogP contribution in [-0.2, 0) is 11.3 Å². The normalized spacial score (nSPS) is 18.3. The smallest absolute Gasteiger partial charge is 0.275 e. The van der Waals surface area contributed by atoms with Gasteiger partial charge < -0.3 is 9.80 Å². The fourth-order valence-electron chi connectivity index (χ4n) is 3.31. The van der Waals surface area contributed by atoms with Gasteiger partial charge in [-0.1, -0.05) is 18.2 Å². The Hall–Kier alpha value is -2.21. The molecule has 1 aromatic carbocycles. The first-order valence-electron chi connectivity index (χ1n) is 7.82. The predicted octanol–water partition coefficient (Wildman–Crippen LogP) is 0.949. The van der Waals surface area contributed by atoms with E-state index < -0.39 is 0 Å². The van der Waals surface area contributed by atoms with Crippen LogP contribution < -0.4 is 5.56 Å². The van der Waals surface area contributed by atoms with Gasteiger partial charge in [-0.25, -0.2) is 4.68 Å². The van der Waals surface area contributed by atoms with Crippen molar-refractivity contribution >= 4 is 16.7 Å². The summed E-state index contributed by atoms with van der Waals surface area (Å²) in [6, 6.07) is 7.30. The molecule has 1 aliphatic rings. The zero-order chi connectivity index (χ0) is 16.6. The Morgan fingerprint density at radius 3 is 2.74 bits per heavy atom. The average molecular weight is 314 g/mol. The molecule has 1 aromatic heterocycles. The lowest BCUT2D eigenvalue weighted by atomic mass is 9.99. The number of hydrogen-bond acceptors (Lipinski definition) is 4. The van der Waals surface area contributed by atoms with E-state index in [0.29, 0.717) is 11.9 Å². The van der Waals surface area contributed by atoms with E-state index in [1.165, 1.54) is 4.68 Å². The lowest BCUT2D eigenvalue weighted by Crippen LogP contribution is -2.60. The second-order valence-corrected chi connectivity index (χ2v) is 6.79. The number of carbonyl (C=O) groups excluding carboxylic acids is 1. The van der Waals surface area contributed by atoms with Gasteiger partial charge in [0.2, 0.25) is 5.91 Å². The SMILES string of the molecule is CN1CCN(C(=O)Cn2ncc3ccccc3c2=O)C(C)(C)C1. The van der Waals surface area contributed by atoms with Crippen LogP contribution in [0.1, 0.15) is 13.8 Å². The van der Waals surface area contributed by atoms with Crippen LogP contribution in [0.3, 0.4) is 0 Å². The molecule has 122 valence electrons. The van der Waals surface area contributed by atoms with Crippen LogP contribution in [0, 0.1) is 0 Å². The molecule has 2 heterocycles. The van der Waals surface area contributed by atoms with E-state index in [0.717, 1.165) is 18.5 Å². The van der Waals surface area contributed by atoms with Crippen LogP contribution in [-0.4, -0.2) is 57.7 Å². The van der Waals surface area contributed by atoms with Crippen LogP contribution in [0.25, 0.3) is 10.8 Å². The van der Waals surface area contributed by atoms with E-state index in [1.54, 1.807) is 12.3 Å². The van der Waals surface area contributed by atoms with Gasteiger partial charge in [-0.2, -0.15) is 5.10 Å². The molecular weight excluding hydrogens is 292 g/mol. The highest BCUT2D eigenvalue weighted by molar-refractivity contribution is 5.81. The Morgan fingerprint density at radius 2 is 2.00 bits per heavy atom. The molecule has 2 aromatic rings. The van der Waals surface area contributed by atoms with Gasteiger partial charge in [0, 0.05) is 25.0 Å². The van der Waals surface area contributed by atoms with Gasteiger partial charge in [-0.05, 0) is 27.0 Å². The quantitative estimate of drug-likeness (QED) is 0.828. The first-order chi connectivity index (χ1) is 10.9. The Kier molecular flexibility index (Phi) is 3.93. The summed E-state index contributed by atoms with van der Waals surface area (Å²) in [4.78, 5) is 29.2. The van der Waals surface area contributed by atoms with Gasteiger partial charge in [-0.3, -0.25) is 9.59 Å². The maximum absolute atomic E-state index is 12.7. The van der Waals surface area contributed by atoms with Crippen molar-refractivity contribution in [2.24, 2.45) is 0 Å². The summed E-state index contributed by atoms with van der Waals surface area (Å²) in [5.41, 5.74) is -0.465. The van der Waals surface area contributed by atoms with Gasteiger partial charge in [0.1, 0.15) is 6.54 Å². The summed E-state index contributed by atoms with van der Waals surface area (Å²) in [7, 11) is 2.05. The zero-order valence-electron chi connectivity index (χ0n) is 13.8. The predicted molar refractivity (Wildman–Crippen MR) is 89.3 cm³/mol. The molecule has 1 fully saturated rings. The number of piperazine rings is 1. The molecule has 6 nitrogen and oxygen atoms in total. The number of amides is 1. The van der Waals surface area contributed by atoms with Crippen molar-refractivity contribution in [3.63, 3.8) is 0 Å². The van der Waals surface area contributed by atoms with Crippen LogP contribution in [0.5, 0.6) is 0 Å². The molecule has 6 heteroatoms. The second kappa shape index (κ2) is 5.77. The highest BCUT2D eigenvalue weighted by Crippen LogP contribution is 2.20. The third-order valence-corrected chi connectivity index (χ3v) is 4.44. The highest BCUT2D eigenvalue weighted by atomic mass is 16.2. The highest BCUT2D eigenvalue weighted by Gasteiger charge is 2.35. The van der Waals surface area contributed by atoms with E-state index in [2.05, 4.69) is 30.9 Å². The maximum Gasteiger partial charge on any atom is 0.275 e. The van der Waals surface area contributed by atoms with Crippen molar-refractivity contribution in [2.75, 3.05) is 26.7 Å². The Labute approximate surface area is 135 Å². The van der Waals surface area contributed by atoms with Gasteiger partial charge >= 0.3 is 0 Å². The molecule has 0 bridgehead atoms. The van der Waals surface area contributed by atoms with Gasteiger partial charge in [0.15, 0.2) is 0 Å². The van der Waals surface area contributed by atoms with Crippen molar-refractivity contribution in [3.8, 4) is 0 Å². The summed E-state index contributed by atoms with van der Waals surface area (Å²) < 4.78 is 1.26. The fraction of sp³-hybridized carbons (Fsp3) is 0.471. The first-order valence-corrected chi connectivity index (χ1v) is 7.82. The standard InChI is InChI=1S/C17H22N4O2/c1-17(2)12-19(3)8-9-20(17)15(22)11-21-16(23)14-7-5-4-6-13(14)10-18-21/h4-7,10H,8-9,11-12H2,1-3H3. The van der Waals surface area contributed by atoms with E-state index in [-0.39, 0.29) is 23.6 Å². The minimum atomic E-state index is -0.245. The van der Waals surface area contributed by atoms with Crippen molar-refractivity contribution < 1.29 is 4.79 Å². The number of carbonyl (C=O) groups is 1. The van der Waals surface area contributed by atoms with Crippen LogP contribution in [0.15, 0.2) is 35.3 Å². The number of aromatic nitrogens is 2. The van der Waals surface area contributed by atoms with Gasteiger partial charge in [0.25, 0.3) is 5.56 Å². The molecule has 0 atom stereocenters. The minimum Gasteiger partial charge on any atom is -0.333 e. The molecule has 3 rings (SSSR count). The molecule has 1 amide bonds. The third-order valence-electron chi connectivity index (χ3n) is 4.44. The molecule has 0 unspecified atom stereocenters. The summed E-state index contributed by atoms with van der Waals surface area (Å²) in [5.74, 6) is -0.0621. The van der Waals surface area contributed by atoms with Crippen LogP contribution >= 0.6 is 0 Å². The number of hydrogen-bond donors (Lipinski definition) is 0. The molecule has 0 N–H and O–H groups in total. The molecule has 23 heavy (non-hydrogen) atoms. The number of fused-ring (bicyclic) bond motifs is 1. The van der Waals surface area contributed by atoms with Crippen LogP contribution in [0.2, 0.25) is 0 Å². The molecule has 1 aliphatic heterocycles. The molecule has 0 aliphatic carbocycles. The van der Waals surface area contributed by atoms with Gasteiger partial charge in [-0.15, -0.1) is 0 Å². The molecular formula is C17H22N4O2. The molecule has 0 radical (unpaired) electrons. The van der Waals surface area contributed by atoms with E-state index in [4.69, 9.17) is 0 Å². The lowest BCUT2D eigenvalue weighted by Gasteiger charge is -2.46. The maximum atomic E-state index is 12.7. The summed E-state index contributed by atoms with van der Waals surface area (Å²) in [5, 5.41) is 5.53. The number of nitrogens with zero attached hydrogens (tertiary/aromatic N) is 4. The molecule has 1 saturated heterocycles. The Morgan fingerprint density at radius 1 is 1.26 bits per heavy atom. The fourth-order valence-corrected chi connectivity index (χ4v) is 3.31. The first kappa shape index (κ1) is 15.7. The second-order valence-electron chi connectivity index (χ2n) is 6.79. The van der Waals surface area contributed by atoms with Crippen LogP contribution in [0.4, 0.5) is 0 Å². The van der Waals surface area contributed by atoms with Crippen molar-refractivity contribution in [2.45, 2.75) is 25.9 Å². The number of likely N-dealkylation sites (N-methyl/N-ethyl adjacent to an activating group) is 1. The Bertz CT molecular complexity index is 797.